The normalized spacial score (nSPS) is 10.9. The van der Waals surface area contributed by atoms with Crippen molar-refractivity contribution in [2.45, 2.75) is 77.0 Å². The van der Waals surface area contributed by atoms with Gasteiger partial charge in [-0.05, 0) is 19.4 Å². The largest absolute Gasteiger partial charge is 0.330 e. The van der Waals surface area contributed by atoms with Crippen LogP contribution in [0.15, 0.2) is 0 Å². The van der Waals surface area contributed by atoms with Gasteiger partial charge in [-0.25, -0.2) is 5.11 Å². The van der Waals surface area contributed by atoms with Crippen LogP contribution in [0.4, 0.5) is 0 Å². The summed E-state index contributed by atoms with van der Waals surface area (Å²) in [5.74, 6) is 0. The molecule has 0 heterocycles. The second kappa shape index (κ2) is 14.9. The van der Waals surface area contributed by atoms with Crippen molar-refractivity contribution in [1.29, 1.82) is 0 Å². The fraction of sp³-hybridized carbons (Fsp3) is 1.00. The highest BCUT2D eigenvalue weighted by atomic mass is 16.2. The van der Waals surface area contributed by atoms with Crippen LogP contribution in [0.5, 0.6) is 0 Å². The second-order valence-electron chi connectivity index (χ2n) is 4.74. The van der Waals surface area contributed by atoms with E-state index in [9.17, 15) is 5.11 Å². The Balaban J connectivity index is 2.83. The first-order valence-corrected chi connectivity index (χ1v) is 7.20. The van der Waals surface area contributed by atoms with Crippen molar-refractivity contribution in [3.05, 3.63) is 0 Å². The number of hydrogen-bond acceptors (Lipinski definition) is 1. The fourth-order valence-electron chi connectivity index (χ4n) is 2.01. The Kier molecular flexibility index (Phi) is 14.8. The van der Waals surface area contributed by atoms with Gasteiger partial charge in [-0.3, -0.25) is 0 Å². The zero-order valence-electron chi connectivity index (χ0n) is 10.9. The Morgan fingerprint density at radius 3 is 1.12 bits per heavy atom. The van der Waals surface area contributed by atoms with Crippen molar-refractivity contribution in [3.63, 3.8) is 0 Å². The summed E-state index contributed by atoms with van der Waals surface area (Å²) in [6, 6.07) is 0. The average molecular weight is 228 g/mol. The Morgan fingerprint density at radius 2 is 0.812 bits per heavy atom. The maximum Gasteiger partial charge on any atom is 0.0822 e. The molecule has 0 saturated carbocycles. The Morgan fingerprint density at radius 1 is 0.500 bits per heavy atom. The first-order chi connectivity index (χ1) is 7.91. The zero-order chi connectivity index (χ0) is 11.9. The summed E-state index contributed by atoms with van der Waals surface area (Å²) in [5, 5.41) is 10.2. The number of nitrogens with two attached hydrogens (primary N) is 1. The molecule has 0 aliphatic heterocycles. The average Bonchev–Trinajstić information content (AvgIpc) is 2.31. The molecule has 0 aliphatic carbocycles. The molecule has 0 aromatic rings. The van der Waals surface area contributed by atoms with Gasteiger partial charge in [-0.15, -0.1) is 0 Å². The quantitative estimate of drug-likeness (QED) is 0.475. The lowest BCUT2D eigenvalue weighted by Crippen LogP contribution is -1.97. The summed E-state index contributed by atoms with van der Waals surface area (Å²) in [4.78, 5) is 0. The van der Waals surface area contributed by atoms with Gasteiger partial charge in [0.1, 0.15) is 0 Å². The van der Waals surface area contributed by atoms with Crippen LogP contribution in [-0.4, -0.2) is 13.2 Å². The van der Waals surface area contributed by atoms with Crippen LogP contribution in [0.3, 0.4) is 0 Å². The van der Waals surface area contributed by atoms with Gasteiger partial charge in [0.2, 0.25) is 0 Å². The Hall–Kier alpha value is -0.0800. The highest BCUT2D eigenvalue weighted by Gasteiger charge is 1.93. The van der Waals surface area contributed by atoms with Crippen LogP contribution < -0.4 is 5.73 Å². The predicted molar refractivity (Wildman–Crippen MR) is 70.0 cm³/mol. The molecule has 2 N–H and O–H groups in total. The lowest BCUT2D eigenvalue weighted by atomic mass is 10.1. The molecule has 2 nitrogen and oxygen atoms in total. The molecule has 0 fully saturated rings. The molecule has 0 spiro atoms. The molecule has 0 atom stereocenters. The SMILES string of the molecule is NCCCCCCCCCCCCCC[O]. The molecule has 0 aromatic heterocycles. The van der Waals surface area contributed by atoms with Crippen LogP contribution >= 0.6 is 0 Å². The van der Waals surface area contributed by atoms with Crippen molar-refractivity contribution in [2.24, 2.45) is 5.73 Å². The van der Waals surface area contributed by atoms with E-state index >= 15 is 0 Å². The summed E-state index contributed by atoms with van der Waals surface area (Å²) in [7, 11) is 0. The monoisotopic (exact) mass is 228 g/mol. The fourth-order valence-corrected chi connectivity index (χ4v) is 2.01. The molecule has 0 bridgehead atoms. The lowest BCUT2D eigenvalue weighted by Gasteiger charge is -2.02. The highest BCUT2D eigenvalue weighted by molar-refractivity contribution is 4.48. The molecule has 97 valence electrons. The molecule has 16 heavy (non-hydrogen) atoms. The molecule has 2 heteroatoms. The first-order valence-electron chi connectivity index (χ1n) is 7.20. The van der Waals surface area contributed by atoms with E-state index in [4.69, 9.17) is 5.73 Å². The van der Waals surface area contributed by atoms with Crippen LogP contribution in [0.25, 0.3) is 0 Å². The highest BCUT2D eigenvalue weighted by Crippen LogP contribution is 2.11. The van der Waals surface area contributed by atoms with Crippen LogP contribution in [0.1, 0.15) is 77.0 Å². The molecule has 0 aromatic carbocycles. The third-order valence-corrected chi connectivity index (χ3v) is 3.10. The van der Waals surface area contributed by atoms with E-state index in [2.05, 4.69) is 0 Å². The van der Waals surface area contributed by atoms with E-state index in [0.29, 0.717) is 0 Å². The number of hydrogen-bond donors (Lipinski definition) is 1. The smallest absolute Gasteiger partial charge is 0.0822 e. The van der Waals surface area contributed by atoms with Crippen LogP contribution in [0.2, 0.25) is 0 Å². The van der Waals surface area contributed by atoms with Crippen molar-refractivity contribution in [2.75, 3.05) is 13.2 Å². The van der Waals surface area contributed by atoms with Crippen LogP contribution in [0, 0.1) is 0 Å². The maximum absolute atomic E-state index is 10.2. The van der Waals surface area contributed by atoms with Gasteiger partial charge in [-0.2, -0.15) is 0 Å². The van der Waals surface area contributed by atoms with Crippen molar-refractivity contribution in [3.8, 4) is 0 Å². The van der Waals surface area contributed by atoms with E-state index in [1.54, 1.807) is 0 Å². The van der Waals surface area contributed by atoms with Gasteiger partial charge < -0.3 is 5.73 Å². The van der Waals surface area contributed by atoms with E-state index < -0.39 is 0 Å². The summed E-state index contributed by atoms with van der Waals surface area (Å²) < 4.78 is 0. The molecular formula is C14H30NO. The number of rotatable bonds is 13. The molecule has 0 unspecified atom stereocenters. The third-order valence-electron chi connectivity index (χ3n) is 3.10. The standard InChI is InChI=1S/C14H30NO/c15-13-11-9-7-5-3-1-2-4-6-8-10-12-14-16/h1-15H2. The third kappa shape index (κ3) is 13.9. The lowest BCUT2D eigenvalue weighted by molar-refractivity contribution is 0.186. The van der Waals surface area contributed by atoms with E-state index in [0.717, 1.165) is 19.4 Å². The molecule has 0 rings (SSSR count). The van der Waals surface area contributed by atoms with Crippen molar-refractivity contribution in [1.82, 2.24) is 0 Å². The van der Waals surface area contributed by atoms with E-state index in [1.165, 1.54) is 64.2 Å². The van der Waals surface area contributed by atoms with Gasteiger partial charge >= 0.3 is 0 Å². The van der Waals surface area contributed by atoms with Gasteiger partial charge in [0, 0.05) is 0 Å². The Bertz CT molecular complexity index is 103. The van der Waals surface area contributed by atoms with Gasteiger partial charge in [0.15, 0.2) is 0 Å². The maximum atomic E-state index is 10.2. The van der Waals surface area contributed by atoms with E-state index in [1.807, 2.05) is 0 Å². The zero-order valence-corrected chi connectivity index (χ0v) is 10.9. The molecule has 0 amide bonds. The summed E-state index contributed by atoms with van der Waals surface area (Å²) >= 11 is 0. The number of unbranched alkanes of at least 4 members (excludes halogenated alkanes) is 11. The first kappa shape index (κ1) is 15.9. The second-order valence-corrected chi connectivity index (χ2v) is 4.74. The molecule has 0 saturated heterocycles. The van der Waals surface area contributed by atoms with Gasteiger partial charge in [-0.1, -0.05) is 64.2 Å². The minimum absolute atomic E-state index is 0.114. The molecular weight excluding hydrogens is 198 g/mol. The summed E-state index contributed by atoms with van der Waals surface area (Å²) in [6.45, 7) is 0.964. The van der Waals surface area contributed by atoms with Gasteiger partial charge in [0.05, 0.1) is 6.61 Å². The minimum Gasteiger partial charge on any atom is -0.330 e. The minimum atomic E-state index is 0.114. The van der Waals surface area contributed by atoms with Crippen molar-refractivity contribution >= 4 is 0 Å². The Labute approximate surface area is 102 Å². The topological polar surface area (TPSA) is 45.9 Å². The molecule has 0 aliphatic rings. The molecule has 1 radical (unpaired) electrons. The predicted octanol–water partition coefficient (Wildman–Crippen LogP) is 4.06. The van der Waals surface area contributed by atoms with Crippen molar-refractivity contribution < 1.29 is 5.11 Å². The van der Waals surface area contributed by atoms with Gasteiger partial charge in [0.25, 0.3) is 0 Å². The van der Waals surface area contributed by atoms with Crippen LogP contribution in [-0.2, 0) is 5.11 Å². The summed E-state index contributed by atoms with van der Waals surface area (Å²) in [5.41, 5.74) is 5.44. The summed E-state index contributed by atoms with van der Waals surface area (Å²) in [6.07, 6.45) is 15.4. The van der Waals surface area contributed by atoms with E-state index in [-0.39, 0.29) is 6.61 Å².